The van der Waals surface area contributed by atoms with Crippen molar-refractivity contribution in [2.24, 2.45) is 0 Å². The van der Waals surface area contributed by atoms with Crippen LogP contribution in [0.2, 0.25) is 10.3 Å². The molecule has 2 heterocycles. The molecule has 0 radical (unpaired) electrons. The third-order valence-electron chi connectivity index (χ3n) is 2.75. The Morgan fingerprint density at radius 2 is 1.57 bits per heavy atom. The first-order chi connectivity index (χ1) is 10.0. The average Bonchev–Trinajstić information content (AvgIpc) is 2.87. The third kappa shape index (κ3) is 3.11. The van der Waals surface area contributed by atoms with E-state index in [4.69, 9.17) is 23.2 Å². The Kier molecular flexibility index (Phi) is 4.26. The Hall–Kier alpha value is -1.01. The van der Waals surface area contributed by atoms with Crippen LogP contribution in [0.5, 0.6) is 0 Å². The summed E-state index contributed by atoms with van der Waals surface area (Å²) in [6.45, 7) is 0. The van der Waals surface area contributed by atoms with Gasteiger partial charge in [0.25, 0.3) is 0 Å². The largest absolute Gasteiger partial charge is 0.215 e. The van der Waals surface area contributed by atoms with Crippen molar-refractivity contribution in [1.82, 2.24) is 9.97 Å². The van der Waals surface area contributed by atoms with Crippen LogP contribution in [0, 0.1) is 5.82 Å². The average molecular weight is 404 g/mol. The standard InChI is InChI=1S/C14H6BrCl2FN2S/c15-10-6-5-9(21-10)14-19-12(16)11(13(17)20-14)7-1-3-8(18)4-2-7/h1-6H. The molecular weight excluding hydrogens is 398 g/mol. The second kappa shape index (κ2) is 6.01. The molecule has 3 aromatic rings. The van der Waals surface area contributed by atoms with Gasteiger partial charge in [-0.3, -0.25) is 0 Å². The molecule has 21 heavy (non-hydrogen) atoms. The van der Waals surface area contributed by atoms with Gasteiger partial charge in [0, 0.05) is 0 Å². The van der Waals surface area contributed by atoms with Crippen molar-refractivity contribution in [1.29, 1.82) is 0 Å². The van der Waals surface area contributed by atoms with E-state index in [9.17, 15) is 4.39 Å². The van der Waals surface area contributed by atoms with Gasteiger partial charge in [-0.15, -0.1) is 11.3 Å². The summed E-state index contributed by atoms with van der Waals surface area (Å²) >= 11 is 17.3. The van der Waals surface area contributed by atoms with Crippen molar-refractivity contribution in [3.8, 4) is 21.8 Å². The maximum atomic E-state index is 13.0. The first kappa shape index (κ1) is 14.9. The van der Waals surface area contributed by atoms with Crippen molar-refractivity contribution in [3.63, 3.8) is 0 Å². The van der Waals surface area contributed by atoms with E-state index in [1.54, 1.807) is 12.1 Å². The first-order valence-corrected chi connectivity index (χ1v) is 8.16. The number of thiophene rings is 1. The highest BCUT2D eigenvalue weighted by molar-refractivity contribution is 9.11. The van der Waals surface area contributed by atoms with E-state index >= 15 is 0 Å². The molecule has 0 unspecified atom stereocenters. The summed E-state index contributed by atoms with van der Waals surface area (Å²) in [4.78, 5) is 9.42. The van der Waals surface area contributed by atoms with Gasteiger partial charge in [0.1, 0.15) is 16.1 Å². The summed E-state index contributed by atoms with van der Waals surface area (Å²) in [7, 11) is 0. The molecule has 0 saturated heterocycles. The Morgan fingerprint density at radius 3 is 2.10 bits per heavy atom. The quantitative estimate of drug-likeness (QED) is 0.484. The van der Waals surface area contributed by atoms with Crippen molar-refractivity contribution in [2.45, 2.75) is 0 Å². The lowest BCUT2D eigenvalue weighted by Crippen LogP contribution is -1.93. The Labute approximate surface area is 142 Å². The van der Waals surface area contributed by atoms with Crippen LogP contribution in [0.3, 0.4) is 0 Å². The van der Waals surface area contributed by atoms with Gasteiger partial charge < -0.3 is 0 Å². The topological polar surface area (TPSA) is 25.8 Å². The fourth-order valence-corrected chi connectivity index (χ4v) is 3.73. The molecule has 0 saturated carbocycles. The van der Waals surface area contributed by atoms with Gasteiger partial charge in [-0.1, -0.05) is 35.3 Å². The molecule has 0 spiro atoms. The monoisotopic (exact) mass is 402 g/mol. The molecule has 2 nitrogen and oxygen atoms in total. The van der Waals surface area contributed by atoms with Gasteiger partial charge in [0.05, 0.1) is 14.2 Å². The first-order valence-electron chi connectivity index (χ1n) is 5.79. The lowest BCUT2D eigenvalue weighted by atomic mass is 10.1. The van der Waals surface area contributed by atoms with Crippen molar-refractivity contribution < 1.29 is 4.39 Å². The van der Waals surface area contributed by atoms with E-state index in [2.05, 4.69) is 25.9 Å². The summed E-state index contributed by atoms with van der Waals surface area (Å²) in [5.74, 6) is 0.138. The summed E-state index contributed by atoms with van der Waals surface area (Å²) in [5, 5.41) is 0.474. The molecule has 1 aromatic carbocycles. The molecule has 0 N–H and O–H groups in total. The maximum Gasteiger partial charge on any atom is 0.172 e. The fourth-order valence-electron chi connectivity index (χ4n) is 1.81. The zero-order valence-electron chi connectivity index (χ0n) is 10.3. The predicted molar refractivity (Wildman–Crippen MR) is 88.5 cm³/mol. The van der Waals surface area contributed by atoms with Crippen LogP contribution >= 0.6 is 50.5 Å². The second-order valence-electron chi connectivity index (χ2n) is 4.11. The Balaban J connectivity index is 2.10. The lowest BCUT2D eigenvalue weighted by Gasteiger charge is -2.07. The number of nitrogens with zero attached hydrogens (tertiary/aromatic N) is 2. The minimum Gasteiger partial charge on any atom is -0.215 e. The van der Waals surface area contributed by atoms with E-state index in [0.29, 0.717) is 17.0 Å². The lowest BCUT2D eigenvalue weighted by molar-refractivity contribution is 0.628. The van der Waals surface area contributed by atoms with E-state index in [0.717, 1.165) is 8.66 Å². The number of rotatable bonds is 2. The molecule has 0 aliphatic carbocycles. The van der Waals surface area contributed by atoms with Crippen LogP contribution in [-0.2, 0) is 0 Å². The van der Waals surface area contributed by atoms with Crippen molar-refractivity contribution in [2.75, 3.05) is 0 Å². The summed E-state index contributed by atoms with van der Waals surface area (Å²) in [6, 6.07) is 9.65. The SMILES string of the molecule is Fc1ccc(-c2c(Cl)nc(-c3ccc(Br)s3)nc2Cl)cc1. The number of hydrogen-bond donors (Lipinski definition) is 0. The predicted octanol–water partition coefficient (Wildman–Crippen LogP) is 6.08. The minimum absolute atomic E-state index is 0.237. The molecule has 0 aliphatic rings. The number of hydrogen-bond acceptors (Lipinski definition) is 3. The molecule has 0 bridgehead atoms. The summed E-state index contributed by atoms with van der Waals surface area (Å²) in [5.41, 5.74) is 1.17. The van der Waals surface area contributed by atoms with Gasteiger partial charge in [0.2, 0.25) is 0 Å². The molecule has 3 rings (SSSR count). The van der Waals surface area contributed by atoms with Gasteiger partial charge in [-0.25, -0.2) is 14.4 Å². The third-order valence-corrected chi connectivity index (χ3v) is 4.91. The molecule has 0 amide bonds. The number of halogens is 4. The second-order valence-corrected chi connectivity index (χ2v) is 7.29. The smallest absolute Gasteiger partial charge is 0.172 e. The highest BCUT2D eigenvalue weighted by Crippen LogP contribution is 2.36. The normalized spacial score (nSPS) is 10.9. The maximum absolute atomic E-state index is 13.0. The van der Waals surface area contributed by atoms with Gasteiger partial charge in [-0.2, -0.15) is 0 Å². The van der Waals surface area contributed by atoms with E-state index < -0.39 is 0 Å². The zero-order valence-corrected chi connectivity index (χ0v) is 14.2. The van der Waals surface area contributed by atoms with Crippen molar-refractivity contribution in [3.05, 3.63) is 56.3 Å². The highest BCUT2D eigenvalue weighted by atomic mass is 79.9. The Morgan fingerprint density at radius 1 is 0.952 bits per heavy atom. The fraction of sp³-hybridized carbons (Fsp3) is 0. The highest BCUT2D eigenvalue weighted by Gasteiger charge is 2.15. The molecular formula is C14H6BrCl2FN2S. The van der Waals surface area contributed by atoms with Gasteiger partial charge in [0.15, 0.2) is 5.82 Å². The zero-order chi connectivity index (χ0) is 15.0. The van der Waals surface area contributed by atoms with E-state index in [1.165, 1.54) is 23.5 Å². The van der Waals surface area contributed by atoms with Gasteiger partial charge in [-0.05, 0) is 45.8 Å². The summed E-state index contributed by atoms with van der Waals surface area (Å²) in [6.07, 6.45) is 0. The minimum atomic E-state index is -0.327. The Bertz CT molecular complexity index is 782. The van der Waals surface area contributed by atoms with Crippen LogP contribution in [0.1, 0.15) is 0 Å². The molecule has 0 atom stereocenters. The molecule has 7 heteroatoms. The van der Waals surface area contributed by atoms with Crippen LogP contribution in [0.4, 0.5) is 4.39 Å². The molecule has 0 aliphatic heterocycles. The molecule has 106 valence electrons. The van der Waals surface area contributed by atoms with E-state index in [-0.39, 0.29) is 16.1 Å². The van der Waals surface area contributed by atoms with Crippen molar-refractivity contribution >= 4 is 50.5 Å². The van der Waals surface area contributed by atoms with E-state index in [1.807, 2.05) is 12.1 Å². The van der Waals surface area contributed by atoms with Crippen LogP contribution in [-0.4, -0.2) is 9.97 Å². The van der Waals surface area contributed by atoms with Crippen LogP contribution < -0.4 is 0 Å². The van der Waals surface area contributed by atoms with Gasteiger partial charge >= 0.3 is 0 Å². The molecule has 0 fully saturated rings. The number of benzene rings is 1. The number of aromatic nitrogens is 2. The van der Waals surface area contributed by atoms with Crippen LogP contribution in [0.15, 0.2) is 40.2 Å². The van der Waals surface area contributed by atoms with Crippen LogP contribution in [0.25, 0.3) is 21.8 Å². The summed E-state index contributed by atoms with van der Waals surface area (Å²) < 4.78 is 14.0. The molecule has 2 aromatic heterocycles.